The maximum atomic E-state index is 6.33. The highest BCUT2D eigenvalue weighted by molar-refractivity contribution is 6.20. The minimum Gasteiger partial charge on any atom is -0.382 e. The second-order valence-electron chi connectivity index (χ2n) is 4.20. The van der Waals surface area contributed by atoms with Crippen LogP contribution in [-0.2, 0) is 4.74 Å². The van der Waals surface area contributed by atoms with E-state index in [4.69, 9.17) is 16.3 Å². The monoisotopic (exact) mass is 204 g/mol. The number of alkyl halides is 1. The molecule has 1 aliphatic rings. The van der Waals surface area contributed by atoms with Crippen molar-refractivity contribution >= 4 is 11.6 Å². The quantitative estimate of drug-likeness (QED) is 0.504. The van der Waals surface area contributed by atoms with Crippen molar-refractivity contribution in [3.05, 3.63) is 0 Å². The highest BCUT2D eigenvalue weighted by Crippen LogP contribution is 2.30. The third-order valence-electron chi connectivity index (χ3n) is 3.10. The van der Waals surface area contributed by atoms with E-state index < -0.39 is 0 Å². The molecule has 0 aliphatic heterocycles. The molecule has 2 heteroatoms. The van der Waals surface area contributed by atoms with Gasteiger partial charge in [0.25, 0.3) is 0 Å². The van der Waals surface area contributed by atoms with Gasteiger partial charge in [0, 0.05) is 12.5 Å². The Morgan fingerprint density at radius 2 is 2.00 bits per heavy atom. The third-order valence-corrected chi connectivity index (χ3v) is 3.68. The smallest absolute Gasteiger partial charge is 0.0546 e. The standard InChI is InChI=1S/C11H21ClO/c1-9(13-2)8-10-6-4-3-5-7-11(10)12/h9-11H,3-8H2,1-2H3. The summed E-state index contributed by atoms with van der Waals surface area (Å²) in [6.45, 7) is 2.13. The summed E-state index contributed by atoms with van der Waals surface area (Å²) >= 11 is 6.33. The second kappa shape index (κ2) is 5.87. The summed E-state index contributed by atoms with van der Waals surface area (Å²) in [5, 5.41) is 0.389. The lowest BCUT2D eigenvalue weighted by molar-refractivity contribution is 0.0928. The molecule has 0 bridgehead atoms. The summed E-state index contributed by atoms with van der Waals surface area (Å²) in [4.78, 5) is 0. The zero-order chi connectivity index (χ0) is 9.68. The molecule has 1 rings (SSSR count). The van der Waals surface area contributed by atoms with Gasteiger partial charge in [-0.25, -0.2) is 0 Å². The minimum absolute atomic E-state index is 0.365. The van der Waals surface area contributed by atoms with Gasteiger partial charge in [0.1, 0.15) is 0 Å². The van der Waals surface area contributed by atoms with Gasteiger partial charge in [-0.1, -0.05) is 19.3 Å². The Hall–Kier alpha value is 0.250. The summed E-state index contributed by atoms with van der Waals surface area (Å²) in [6.07, 6.45) is 8.01. The summed E-state index contributed by atoms with van der Waals surface area (Å²) < 4.78 is 5.28. The van der Waals surface area contributed by atoms with E-state index in [-0.39, 0.29) is 0 Å². The summed E-state index contributed by atoms with van der Waals surface area (Å²) in [6, 6.07) is 0. The van der Waals surface area contributed by atoms with Crippen LogP contribution in [0, 0.1) is 5.92 Å². The lowest BCUT2D eigenvalue weighted by atomic mass is 9.94. The molecule has 3 unspecified atom stereocenters. The molecule has 0 radical (unpaired) electrons. The summed E-state index contributed by atoms with van der Waals surface area (Å²) in [7, 11) is 1.78. The number of methoxy groups -OCH3 is 1. The minimum atomic E-state index is 0.365. The first-order valence-corrected chi connectivity index (χ1v) is 5.84. The van der Waals surface area contributed by atoms with E-state index in [1.165, 1.54) is 32.1 Å². The molecule has 0 amide bonds. The van der Waals surface area contributed by atoms with Crippen molar-refractivity contribution in [1.82, 2.24) is 0 Å². The van der Waals surface area contributed by atoms with Crippen LogP contribution >= 0.6 is 11.6 Å². The van der Waals surface area contributed by atoms with Crippen molar-refractivity contribution in [2.75, 3.05) is 7.11 Å². The molecule has 0 heterocycles. The topological polar surface area (TPSA) is 9.23 Å². The van der Waals surface area contributed by atoms with E-state index in [1.807, 2.05) is 0 Å². The normalized spacial score (nSPS) is 32.5. The first kappa shape index (κ1) is 11.3. The molecule has 3 atom stereocenters. The Balaban J connectivity index is 2.35. The molecule has 0 N–H and O–H groups in total. The number of halogens is 1. The van der Waals surface area contributed by atoms with Crippen molar-refractivity contribution in [2.24, 2.45) is 5.92 Å². The predicted octanol–water partition coefficient (Wildman–Crippen LogP) is 3.60. The lowest BCUT2D eigenvalue weighted by Gasteiger charge is -2.22. The van der Waals surface area contributed by atoms with E-state index >= 15 is 0 Å². The zero-order valence-electron chi connectivity index (χ0n) is 8.76. The first-order chi connectivity index (χ1) is 6.24. The molecule has 0 spiro atoms. The molecular formula is C11H21ClO. The van der Waals surface area contributed by atoms with Crippen LogP contribution in [0.1, 0.15) is 45.4 Å². The fraction of sp³-hybridized carbons (Fsp3) is 1.00. The van der Waals surface area contributed by atoms with Gasteiger partial charge < -0.3 is 4.74 Å². The first-order valence-electron chi connectivity index (χ1n) is 5.41. The summed E-state index contributed by atoms with van der Waals surface area (Å²) in [5.74, 6) is 0.680. The van der Waals surface area contributed by atoms with Crippen LogP contribution < -0.4 is 0 Å². The molecule has 1 nitrogen and oxygen atoms in total. The molecule has 0 aromatic rings. The highest BCUT2D eigenvalue weighted by atomic mass is 35.5. The highest BCUT2D eigenvalue weighted by Gasteiger charge is 2.23. The van der Waals surface area contributed by atoms with E-state index in [0.717, 1.165) is 6.42 Å². The fourth-order valence-corrected chi connectivity index (χ4v) is 2.51. The van der Waals surface area contributed by atoms with Gasteiger partial charge in [-0.3, -0.25) is 0 Å². The summed E-state index contributed by atoms with van der Waals surface area (Å²) in [5.41, 5.74) is 0. The molecule has 1 saturated carbocycles. The maximum absolute atomic E-state index is 6.33. The second-order valence-corrected chi connectivity index (χ2v) is 4.76. The van der Waals surface area contributed by atoms with E-state index in [0.29, 0.717) is 17.4 Å². The predicted molar refractivity (Wildman–Crippen MR) is 57.3 cm³/mol. The number of hydrogen-bond acceptors (Lipinski definition) is 1. The maximum Gasteiger partial charge on any atom is 0.0546 e. The van der Waals surface area contributed by atoms with Gasteiger partial charge in [0.2, 0.25) is 0 Å². The average Bonchev–Trinajstić information content (AvgIpc) is 2.32. The molecular weight excluding hydrogens is 184 g/mol. The Morgan fingerprint density at radius 1 is 1.31 bits per heavy atom. The van der Waals surface area contributed by atoms with E-state index in [9.17, 15) is 0 Å². The van der Waals surface area contributed by atoms with Crippen LogP contribution in [0.2, 0.25) is 0 Å². The van der Waals surface area contributed by atoms with Crippen molar-refractivity contribution in [3.63, 3.8) is 0 Å². The zero-order valence-corrected chi connectivity index (χ0v) is 9.52. The molecule has 78 valence electrons. The average molecular weight is 205 g/mol. The Kier molecular flexibility index (Phi) is 5.12. The van der Waals surface area contributed by atoms with E-state index in [1.54, 1.807) is 7.11 Å². The lowest BCUT2D eigenvalue weighted by Crippen LogP contribution is -2.19. The van der Waals surface area contributed by atoms with Crippen LogP contribution in [0.15, 0.2) is 0 Å². The molecule has 0 aromatic carbocycles. The molecule has 0 saturated heterocycles. The third kappa shape index (κ3) is 3.86. The molecule has 1 aliphatic carbocycles. The number of rotatable bonds is 3. The van der Waals surface area contributed by atoms with Crippen LogP contribution in [-0.4, -0.2) is 18.6 Å². The Labute approximate surface area is 86.8 Å². The SMILES string of the molecule is COC(C)CC1CCCCCC1Cl. The van der Waals surface area contributed by atoms with Gasteiger partial charge in [0.05, 0.1) is 6.10 Å². The van der Waals surface area contributed by atoms with Gasteiger partial charge in [0.15, 0.2) is 0 Å². The van der Waals surface area contributed by atoms with Crippen LogP contribution in [0.3, 0.4) is 0 Å². The number of hydrogen-bond donors (Lipinski definition) is 0. The van der Waals surface area contributed by atoms with Crippen molar-refractivity contribution in [2.45, 2.75) is 56.9 Å². The molecule has 1 fully saturated rings. The van der Waals surface area contributed by atoms with Crippen molar-refractivity contribution in [1.29, 1.82) is 0 Å². The van der Waals surface area contributed by atoms with Crippen molar-refractivity contribution < 1.29 is 4.74 Å². The van der Waals surface area contributed by atoms with Gasteiger partial charge >= 0.3 is 0 Å². The Morgan fingerprint density at radius 3 is 2.69 bits per heavy atom. The van der Waals surface area contributed by atoms with E-state index in [2.05, 4.69) is 6.92 Å². The number of ether oxygens (including phenoxy) is 1. The molecule has 0 aromatic heterocycles. The van der Waals surface area contributed by atoms with Crippen LogP contribution in [0.4, 0.5) is 0 Å². The fourth-order valence-electron chi connectivity index (χ4n) is 2.13. The largest absolute Gasteiger partial charge is 0.382 e. The van der Waals surface area contributed by atoms with Gasteiger partial charge in [-0.05, 0) is 32.1 Å². The van der Waals surface area contributed by atoms with Gasteiger partial charge in [-0.2, -0.15) is 0 Å². The van der Waals surface area contributed by atoms with Gasteiger partial charge in [-0.15, -0.1) is 11.6 Å². The Bertz CT molecular complexity index is 138. The van der Waals surface area contributed by atoms with Crippen molar-refractivity contribution in [3.8, 4) is 0 Å². The molecule has 13 heavy (non-hydrogen) atoms. The van der Waals surface area contributed by atoms with Crippen LogP contribution in [0.5, 0.6) is 0 Å². The van der Waals surface area contributed by atoms with Crippen LogP contribution in [0.25, 0.3) is 0 Å².